The summed E-state index contributed by atoms with van der Waals surface area (Å²) in [7, 11) is 0. The van der Waals surface area contributed by atoms with E-state index in [2.05, 4.69) is 5.32 Å². The van der Waals surface area contributed by atoms with Gasteiger partial charge in [-0.2, -0.15) is 0 Å². The lowest BCUT2D eigenvalue weighted by Gasteiger charge is -2.11. The first-order valence-corrected chi connectivity index (χ1v) is 6.51. The molecular weight excluding hydrogens is 268 g/mol. The predicted molar refractivity (Wildman–Crippen MR) is 70.3 cm³/mol. The van der Waals surface area contributed by atoms with E-state index in [-0.39, 0.29) is 11.8 Å². The molecule has 0 aliphatic heterocycles. The van der Waals surface area contributed by atoms with Crippen LogP contribution in [0.5, 0.6) is 0 Å². The Morgan fingerprint density at radius 1 is 1.53 bits per heavy atom. The largest absolute Gasteiger partial charge is 0.433 e. The second kappa shape index (κ2) is 5.66. The second-order valence-electron chi connectivity index (χ2n) is 4.05. The van der Waals surface area contributed by atoms with E-state index in [4.69, 9.17) is 4.42 Å². The van der Waals surface area contributed by atoms with Crippen molar-refractivity contribution in [1.82, 2.24) is 5.32 Å². The van der Waals surface area contributed by atoms with Gasteiger partial charge < -0.3 is 9.73 Å². The zero-order chi connectivity index (χ0) is 13.8. The molecule has 0 aliphatic rings. The van der Waals surface area contributed by atoms with E-state index in [1.54, 1.807) is 11.3 Å². The highest BCUT2D eigenvalue weighted by molar-refractivity contribution is 7.09. The molecule has 7 heteroatoms. The molecule has 19 heavy (non-hydrogen) atoms. The van der Waals surface area contributed by atoms with Crippen LogP contribution in [0.1, 0.15) is 22.4 Å². The van der Waals surface area contributed by atoms with Crippen LogP contribution >= 0.6 is 11.3 Å². The fourth-order valence-corrected chi connectivity index (χ4v) is 2.46. The Bertz CT molecular complexity index is 576. The SMILES string of the molecule is CC(Cc1cccs1)NC(=O)c1ccc([N+](=O)[O-])o1. The molecule has 2 aromatic rings. The summed E-state index contributed by atoms with van der Waals surface area (Å²) in [5.41, 5.74) is 0. The van der Waals surface area contributed by atoms with Gasteiger partial charge in [0.1, 0.15) is 4.92 Å². The van der Waals surface area contributed by atoms with Crippen molar-refractivity contribution in [2.75, 3.05) is 0 Å². The van der Waals surface area contributed by atoms with Crippen LogP contribution in [0.4, 0.5) is 5.88 Å². The van der Waals surface area contributed by atoms with Crippen LogP contribution in [0.25, 0.3) is 0 Å². The summed E-state index contributed by atoms with van der Waals surface area (Å²) in [4.78, 5) is 22.7. The van der Waals surface area contributed by atoms with Gasteiger partial charge in [-0.05, 0) is 24.4 Å². The highest BCUT2D eigenvalue weighted by atomic mass is 32.1. The molecule has 0 aliphatic carbocycles. The lowest BCUT2D eigenvalue weighted by molar-refractivity contribution is -0.402. The summed E-state index contributed by atoms with van der Waals surface area (Å²) in [6.07, 6.45) is 0.714. The van der Waals surface area contributed by atoms with Gasteiger partial charge in [0.15, 0.2) is 5.76 Å². The van der Waals surface area contributed by atoms with Crippen molar-refractivity contribution in [3.63, 3.8) is 0 Å². The van der Waals surface area contributed by atoms with Gasteiger partial charge >= 0.3 is 5.88 Å². The van der Waals surface area contributed by atoms with Crippen LogP contribution in [-0.2, 0) is 6.42 Å². The fourth-order valence-electron chi connectivity index (χ4n) is 1.62. The third-order valence-electron chi connectivity index (χ3n) is 2.46. The highest BCUT2D eigenvalue weighted by Gasteiger charge is 2.18. The molecule has 1 unspecified atom stereocenters. The van der Waals surface area contributed by atoms with E-state index in [1.165, 1.54) is 17.0 Å². The lowest BCUT2D eigenvalue weighted by Crippen LogP contribution is -2.33. The van der Waals surface area contributed by atoms with Crippen molar-refractivity contribution in [2.24, 2.45) is 0 Å². The molecule has 0 fully saturated rings. The Morgan fingerprint density at radius 3 is 2.89 bits per heavy atom. The average molecular weight is 280 g/mol. The molecule has 0 saturated heterocycles. The van der Waals surface area contributed by atoms with Gasteiger partial charge in [0, 0.05) is 17.3 Å². The Hall–Kier alpha value is -2.15. The number of nitro groups is 1. The highest BCUT2D eigenvalue weighted by Crippen LogP contribution is 2.16. The van der Waals surface area contributed by atoms with Gasteiger partial charge in [0.2, 0.25) is 0 Å². The number of thiophene rings is 1. The topological polar surface area (TPSA) is 85.4 Å². The first-order valence-electron chi connectivity index (χ1n) is 5.63. The summed E-state index contributed by atoms with van der Waals surface area (Å²) in [6.45, 7) is 1.87. The molecule has 0 bridgehead atoms. The van der Waals surface area contributed by atoms with E-state index in [0.29, 0.717) is 6.42 Å². The van der Waals surface area contributed by atoms with Crippen molar-refractivity contribution in [2.45, 2.75) is 19.4 Å². The lowest BCUT2D eigenvalue weighted by atomic mass is 10.2. The van der Waals surface area contributed by atoms with Crippen LogP contribution in [-0.4, -0.2) is 16.9 Å². The molecule has 1 amide bonds. The van der Waals surface area contributed by atoms with Crippen molar-refractivity contribution in [1.29, 1.82) is 0 Å². The quantitative estimate of drug-likeness (QED) is 0.673. The predicted octanol–water partition coefficient (Wildman–Crippen LogP) is 2.61. The van der Waals surface area contributed by atoms with Crippen molar-refractivity contribution >= 4 is 23.1 Å². The van der Waals surface area contributed by atoms with Gasteiger partial charge in [-0.1, -0.05) is 6.07 Å². The monoisotopic (exact) mass is 280 g/mol. The molecule has 0 aromatic carbocycles. The van der Waals surface area contributed by atoms with E-state index in [1.807, 2.05) is 24.4 Å². The molecule has 0 radical (unpaired) electrons. The van der Waals surface area contributed by atoms with E-state index < -0.39 is 16.7 Å². The standard InChI is InChI=1S/C12H12N2O4S/c1-8(7-9-3-2-6-19-9)13-12(15)10-4-5-11(18-10)14(16)17/h2-6,8H,7H2,1H3,(H,13,15). The zero-order valence-corrected chi connectivity index (χ0v) is 11.0. The second-order valence-corrected chi connectivity index (χ2v) is 5.09. The van der Waals surface area contributed by atoms with Crippen LogP contribution in [0.2, 0.25) is 0 Å². The molecule has 0 spiro atoms. The maximum Gasteiger partial charge on any atom is 0.433 e. The van der Waals surface area contributed by atoms with Crippen molar-refractivity contribution in [3.8, 4) is 0 Å². The number of carbonyl (C=O) groups excluding carboxylic acids is 1. The number of carbonyl (C=O) groups is 1. The smallest absolute Gasteiger partial charge is 0.395 e. The maximum absolute atomic E-state index is 11.8. The van der Waals surface area contributed by atoms with Crippen LogP contribution in [0.15, 0.2) is 34.1 Å². The van der Waals surface area contributed by atoms with E-state index in [0.717, 1.165) is 0 Å². The molecule has 6 nitrogen and oxygen atoms in total. The number of rotatable bonds is 5. The van der Waals surface area contributed by atoms with E-state index in [9.17, 15) is 14.9 Å². The summed E-state index contributed by atoms with van der Waals surface area (Å²) in [5.74, 6) is -0.932. The third kappa shape index (κ3) is 3.41. The first-order chi connectivity index (χ1) is 9.06. The Kier molecular flexibility index (Phi) is 3.96. The third-order valence-corrected chi connectivity index (χ3v) is 3.36. The molecule has 2 aromatic heterocycles. The summed E-state index contributed by atoms with van der Waals surface area (Å²) >= 11 is 1.62. The van der Waals surface area contributed by atoms with E-state index >= 15 is 0 Å². The number of hydrogen-bond acceptors (Lipinski definition) is 5. The normalized spacial score (nSPS) is 12.1. The molecule has 1 N–H and O–H groups in total. The van der Waals surface area contributed by atoms with Gasteiger partial charge in [-0.25, -0.2) is 0 Å². The van der Waals surface area contributed by atoms with Gasteiger partial charge in [0.05, 0.1) is 6.07 Å². The van der Waals surface area contributed by atoms with Gasteiger partial charge in [0.25, 0.3) is 5.91 Å². The molecule has 2 heterocycles. The minimum absolute atomic E-state index is 0.0512. The van der Waals surface area contributed by atoms with Crippen molar-refractivity contribution < 1.29 is 14.1 Å². The average Bonchev–Trinajstić information content (AvgIpc) is 2.98. The number of furan rings is 1. The van der Waals surface area contributed by atoms with Crippen molar-refractivity contribution in [3.05, 3.63) is 50.4 Å². The summed E-state index contributed by atoms with van der Waals surface area (Å²) < 4.78 is 4.83. The van der Waals surface area contributed by atoms with Crippen LogP contribution in [0, 0.1) is 10.1 Å². The Labute approximate surface area is 113 Å². The van der Waals surface area contributed by atoms with Gasteiger partial charge in [-0.3, -0.25) is 14.9 Å². The Balaban J connectivity index is 1.94. The maximum atomic E-state index is 11.8. The fraction of sp³-hybridized carbons (Fsp3) is 0.250. The Morgan fingerprint density at radius 2 is 2.32 bits per heavy atom. The molecule has 1 atom stereocenters. The molecule has 2 rings (SSSR count). The summed E-state index contributed by atoms with van der Waals surface area (Å²) in [6, 6.07) is 6.33. The minimum atomic E-state index is -0.675. The molecule has 0 saturated carbocycles. The summed E-state index contributed by atoms with van der Waals surface area (Å²) in [5, 5.41) is 15.2. The first kappa shape index (κ1) is 13.3. The zero-order valence-electron chi connectivity index (χ0n) is 10.2. The van der Waals surface area contributed by atoms with Gasteiger partial charge in [-0.15, -0.1) is 11.3 Å². The minimum Gasteiger partial charge on any atom is -0.395 e. The molecule has 100 valence electrons. The number of nitrogens with one attached hydrogen (secondary N) is 1. The number of nitrogens with zero attached hydrogens (tertiary/aromatic N) is 1. The van der Waals surface area contributed by atoms with Crippen LogP contribution in [0.3, 0.4) is 0 Å². The molecular formula is C12H12N2O4S. The number of amides is 1. The number of hydrogen-bond donors (Lipinski definition) is 1. The van der Waals surface area contributed by atoms with Crippen LogP contribution < -0.4 is 5.32 Å².